The van der Waals surface area contributed by atoms with Crippen LogP contribution in [0.25, 0.3) is 0 Å². The Morgan fingerprint density at radius 1 is 1.00 bits per heavy atom. The monoisotopic (exact) mass is 376 g/mol. The number of piperazine rings is 1. The Morgan fingerprint density at radius 3 is 2.41 bits per heavy atom. The van der Waals surface area contributed by atoms with Gasteiger partial charge >= 0.3 is 0 Å². The van der Waals surface area contributed by atoms with Gasteiger partial charge < -0.3 is 14.8 Å². The van der Waals surface area contributed by atoms with Crippen LogP contribution in [-0.2, 0) is 6.61 Å². The topological polar surface area (TPSA) is 33.7 Å². The quantitative estimate of drug-likeness (QED) is 0.758. The third kappa shape index (κ3) is 5.17. The maximum Gasteiger partial charge on any atom is 0.258 e. The molecule has 0 bridgehead atoms. The van der Waals surface area contributed by atoms with E-state index in [2.05, 4.69) is 5.32 Å². The van der Waals surface area contributed by atoms with Crippen LogP contribution >= 0.6 is 0 Å². The molecule has 1 N–H and O–H groups in total. The van der Waals surface area contributed by atoms with Gasteiger partial charge in [-0.1, -0.05) is 36.4 Å². The van der Waals surface area contributed by atoms with E-state index < -0.39 is 12.5 Å². The molecule has 27 heavy (non-hydrogen) atoms. The summed E-state index contributed by atoms with van der Waals surface area (Å²) in [6.07, 6.45) is -2.46. The Labute approximate surface area is 159 Å². The van der Waals surface area contributed by atoms with Gasteiger partial charge in [-0.15, -0.1) is 0 Å². The summed E-state index contributed by atoms with van der Waals surface area (Å²) in [4.78, 5) is 1.83. The summed E-state index contributed by atoms with van der Waals surface area (Å²) in [5.74, 6) is 1.07. The van der Waals surface area contributed by atoms with Crippen molar-refractivity contribution in [3.05, 3.63) is 59.7 Å². The maximum atomic E-state index is 13.8. The van der Waals surface area contributed by atoms with Gasteiger partial charge in [-0.2, -0.15) is 0 Å². The van der Waals surface area contributed by atoms with Gasteiger partial charge in [-0.05, 0) is 30.2 Å². The first-order valence-corrected chi connectivity index (χ1v) is 9.35. The van der Waals surface area contributed by atoms with Crippen molar-refractivity contribution < 1.29 is 18.3 Å². The minimum Gasteiger partial charge on any atom is -0.490 e. The third-order valence-corrected chi connectivity index (χ3v) is 4.63. The second kappa shape index (κ2) is 9.67. The number of ether oxygens (including phenoxy) is 2. The highest BCUT2D eigenvalue weighted by molar-refractivity contribution is 5.44. The Balaban J connectivity index is 1.80. The Kier molecular flexibility index (Phi) is 7.01. The summed E-state index contributed by atoms with van der Waals surface area (Å²) in [7, 11) is 0. The summed E-state index contributed by atoms with van der Waals surface area (Å²) >= 11 is 0. The van der Waals surface area contributed by atoms with Gasteiger partial charge in [0, 0.05) is 26.2 Å². The predicted molar refractivity (Wildman–Crippen MR) is 102 cm³/mol. The Morgan fingerprint density at radius 2 is 1.74 bits per heavy atom. The number of nitrogens with one attached hydrogen (secondary N) is 1. The fourth-order valence-electron chi connectivity index (χ4n) is 3.31. The van der Waals surface area contributed by atoms with Crippen LogP contribution in [0.4, 0.5) is 8.78 Å². The van der Waals surface area contributed by atoms with Crippen LogP contribution in [0.5, 0.6) is 11.5 Å². The minimum absolute atomic E-state index is 0.399. The zero-order valence-electron chi connectivity index (χ0n) is 15.5. The van der Waals surface area contributed by atoms with E-state index in [1.807, 2.05) is 42.2 Å². The SMILES string of the molecule is CCOc1cc([C@H](C(F)F)N2CCNCC2)ccc1OCc1ccccc1. The van der Waals surface area contributed by atoms with Gasteiger partial charge in [0.1, 0.15) is 6.61 Å². The largest absolute Gasteiger partial charge is 0.490 e. The minimum atomic E-state index is -2.46. The van der Waals surface area contributed by atoms with Gasteiger partial charge in [-0.3, -0.25) is 4.90 Å². The summed E-state index contributed by atoms with van der Waals surface area (Å²) < 4.78 is 39.2. The van der Waals surface area contributed by atoms with Crippen molar-refractivity contribution in [3.63, 3.8) is 0 Å². The molecular formula is C21H26F2N2O2. The smallest absolute Gasteiger partial charge is 0.258 e. The molecule has 3 rings (SSSR count). The van der Waals surface area contributed by atoms with Gasteiger partial charge in [0.25, 0.3) is 6.43 Å². The molecule has 2 aromatic carbocycles. The molecule has 146 valence electrons. The van der Waals surface area contributed by atoms with Crippen molar-refractivity contribution in [3.8, 4) is 11.5 Å². The second-order valence-electron chi connectivity index (χ2n) is 6.48. The predicted octanol–water partition coefficient (Wildman–Crippen LogP) is 3.88. The zero-order valence-corrected chi connectivity index (χ0v) is 15.5. The first-order chi connectivity index (χ1) is 13.2. The molecule has 0 unspecified atom stereocenters. The summed E-state index contributed by atoms with van der Waals surface area (Å²) in [6.45, 7) is 5.36. The van der Waals surface area contributed by atoms with Crippen LogP contribution in [0.15, 0.2) is 48.5 Å². The molecule has 0 amide bonds. The first-order valence-electron chi connectivity index (χ1n) is 9.35. The Bertz CT molecular complexity index is 707. The number of nitrogens with zero attached hydrogens (tertiary/aromatic N) is 1. The number of halogens is 2. The lowest BCUT2D eigenvalue weighted by Gasteiger charge is -2.34. The Hall–Kier alpha value is -2.18. The molecule has 0 radical (unpaired) electrons. The molecule has 0 aromatic heterocycles. The first kappa shape index (κ1) is 19.6. The molecular weight excluding hydrogens is 350 g/mol. The number of alkyl halides is 2. The van der Waals surface area contributed by atoms with Crippen LogP contribution in [0, 0.1) is 0 Å². The lowest BCUT2D eigenvalue weighted by atomic mass is 10.0. The second-order valence-corrected chi connectivity index (χ2v) is 6.48. The van der Waals surface area contributed by atoms with E-state index in [-0.39, 0.29) is 0 Å². The molecule has 0 spiro atoms. The van der Waals surface area contributed by atoms with Gasteiger partial charge in [-0.25, -0.2) is 8.78 Å². The zero-order chi connectivity index (χ0) is 19.1. The molecule has 1 heterocycles. The van der Waals surface area contributed by atoms with E-state index in [0.29, 0.717) is 43.4 Å². The number of hydrogen-bond donors (Lipinski definition) is 1. The maximum absolute atomic E-state index is 13.8. The van der Waals surface area contributed by atoms with Crippen LogP contribution in [0.2, 0.25) is 0 Å². The van der Waals surface area contributed by atoms with Crippen molar-refractivity contribution in [1.29, 1.82) is 0 Å². The van der Waals surface area contributed by atoms with Crippen LogP contribution in [0.3, 0.4) is 0 Å². The van der Waals surface area contributed by atoms with Crippen molar-refractivity contribution in [2.45, 2.75) is 26.0 Å². The molecule has 0 saturated carbocycles. The molecule has 1 fully saturated rings. The molecule has 0 aliphatic carbocycles. The average Bonchev–Trinajstić information content (AvgIpc) is 2.69. The summed E-state index contributed by atoms with van der Waals surface area (Å²) in [5.41, 5.74) is 1.60. The molecule has 4 nitrogen and oxygen atoms in total. The summed E-state index contributed by atoms with van der Waals surface area (Å²) in [5, 5.41) is 3.20. The van der Waals surface area contributed by atoms with E-state index in [0.717, 1.165) is 18.7 Å². The van der Waals surface area contributed by atoms with E-state index in [9.17, 15) is 8.78 Å². The van der Waals surface area contributed by atoms with Crippen molar-refractivity contribution in [2.75, 3.05) is 32.8 Å². The van der Waals surface area contributed by atoms with Crippen LogP contribution in [-0.4, -0.2) is 44.1 Å². The molecule has 1 aliphatic rings. The summed E-state index contributed by atoms with van der Waals surface area (Å²) in [6, 6.07) is 14.0. The lowest BCUT2D eigenvalue weighted by molar-refractivity contribution is 0.0180. The van der Waals surface area contributed by atoms with Gasteiger partial charge in [0.05, 0.1) is 12.6 Å². The molecule has 1 aliphatic heterocycles. The highest BCUT2D eigenvalue weighted by Gasteiger charge is 2.30. The van der Waals surface area contributed by atoms with Gasteiger partial charge in [0.2, 0.25) is 0 Å². The normalized spacial score (nSPS) is 16.3. The van der Waals surface area contributed by atoms with Crippen molar-refractivity contribution in [1.82, 2.24) is 10.2 Å². The fourth-order valence-corrected chi connectivity index (χ4v) is 3.31. The van der Waals surface area contributed by atoms with Crippen molar-refractivity contribution >= 4 is 0 Å². The lowest BCUT2D eigenvalue weighted by Crippen LogP contribution is -2.46. The van der Waals surface area contributed by atoms with Gasteiger partial charge in [0.15, 0.2) is 11.5 Å². The standard InChI is InChI=1S/C21H26F2N2O2/c1-2-26-19-14-17(20(21(22)23)25-12-10-24-11-13-25)8-9-18(19)27-15-16-6-4-3-5-7-16/h3-9,14,20-21,24H,2,10-13,15H2,1H3/t20-/m1/s1. The number of hydrogen-bond acceptors (Lipinski definition) is 4. The van der Waals surface area contributed by atoms with Crippen molar-refractivity contribution in [2.24, 2.45) is 0 Å². The molecule has 2 aromatic rings. The molecule has 6 heteroatoms. The average molecular weight is 376 g/mol. The number of rotatable bonds is 8. The highest BCUT2D eigenvalue weighted by atomic mass is 19.3. The fraction of sp³-hybridized carbons (Fsp3) is 0.429. The van der Waals surface area contributed by atoms with E-state index in [4.69, 9.17) is 9.47 Å². The van der Waals surface area contributed by atoms with E-state index in [1.54, 1.807) is 18.2 Å². The highest BCUT2D eigenvalue weighted by Crippen LogP contribution is 2.35. The molecule has 1 atom stereocenters. The van der Waals surface area contributed by atoms with Crippen LogP contribution in [0.1, 0.15) is 24.1 Å². The number of benzene rings is 2. The molecule has 1 saturated heterocycles. The van der Waals surface area contributed by atoms with E-state index in [1.165, 1.54) is 0 Å². The third-order valence-electron chi connectivity index (χ3n) is 4.63. The van der Waals surface area contributed by atoms with Crippen LogP contribution < -0.4 is 14.8 Å². The van der Waals surface area contributed by atoms with E-state index >= 15 is 0 Å².